The zero-order valence-electron chi connectivity index (χ0n) is 17.7. The van der Waals surface area contributed by atoms with E-state index in [2.05, 4.69) is 25.0 Å². The number of sulfonamides is 1. The predicted molar refractivity (Wildman–Crippen MR) is 135 cm³/mol. The highest BCUT2D eigenvalue weighted by Gasteiger charge is 2.17. The average molecular weight is 488 g/mol. The van der Waals surface area contributed by atoms with Crippen LogP contribution in [0.1, 0.15) is 0 Å². The summed E-state index contributed by atoms with van der Waals surface area (Å²) in [5.41, 5.74) is 3.98. The fourth-order valence-corrected chi connectivity index (χ4v) is 4.69. The summed E-state index contributed by atoms with van der Waals surface area (Å²) in [5.74, 6) is 0.612. The maximum Gasteiger partial charge on any atom is 0.261 e. The fourth-order valence-electron chi connectivity index (χ4n) is 3.40. The first kappa shape index (κ1) is 21.8. The highest BCUT2D eigenvalue weighted by atomic mass is 35.5. The van der Waals surface area contributed by atoms with Crippen LogP contribution in [0.5, 0.6) is 0 Å². The highest BCUT2D eigenvalue weighted by Crippen LogP contribution is 2.30. The number of para-hydroxylation sites is 1. The molecule has 0 saturated carbocycles. The summed E-state index contributed by atoms with van der Waals surface area (Å²) in [6, 6.07) is 25.0. The summed E-state index contributed by atoms with van der Waals surface area (Å²) in [6.07, 6.45) is 3.26. The Balaban J connectivity index is 1.47. The van der Waals surface area contributed by atoms with E-state index < -0.39 is 10.0 Å². The Kier molecular flexibility index (Phi) is 5.83. The van der Waals surface area contributed by atoms with Crippen LogP contribution in [0, 0.1) is 0 Å². The third-order valence-corrected chi connectivity index (χ3v) is 6.74. The van der Waals surface area contributed by atoms with Crippen LogP contribution in [0.4, 0.5) is 17.2 Å². The number of fused-ring (bicyclic) bond motifs is 1. The number of halogens is 1. The lowest BCUT2D eigenvalue weighted by Gasteiger charge is -2.11. The van der Waals surface area contributed by atoms with Gasteiger partial charge in [-0.2, -0.15) is 0 Å². The average Bonchev–Trinajstić information content (AvgIpc) is 2.86. The lowest BCUT2D eigenvalue weighted by molar-refractivity contribution is 0.601. The largest absolute Gasteiger partial charge is 0.339 e. The monoisotopic (exact) mass is 487 g/mol. The van der Waals surface area contributed by atoms with E-state index in [0.717, 1.165) is 16.8 Å². The van der Waals surface area contributed by atoms with Crippen molar-refractivity contribution in [2.24, 2.45) is 0 Å². The Labute approximate surface area is 201 Å². The first-order valence-corrected chi connectivity index (χ1v) is 12.2. The van der Waals surface area contributed by atoms with Gasteiger partial charge < -0.3 is 5.32 Å². The molecule has 34 heavy (non-hydrogen) atoms. The van der Waals surface area contributed by atoms with Crippen LogP contribution in [-0.4, -0.2) is 23.4 Å². The van der Waals surface area contributed by atoms with Gasteiger partial charge in [0, 0.05) is 17.4 Å². The molecule has 0 atom stereocenters. The minimum absolute atomic E-state index is 0.0539. The standard InChI is InChI=1S/C25H18ClN5O2S/c26-25-23(31-34(32,33)20-9-5-2-6-10-20)14-18(15-28-25)17-11-12-21-22(13-17)30-24(16-27-21)29-19-7-3-1-4-8-19/h1-16,31H,(H,29,30). The summed E-state index contributed by atoms with van der Waals surface area (Å²) in [7, 11) is -3.81. The summed E-state index contributed by atoms with van der Waals surface area (Å²) in [4.78, 5) is 13.4. The van der Waals surface area contributed by atoms with E-state index in [1.165, 1.54) is 12.1 Å². The third-order valence-electron chi connectivity index (χ3n) is 5.06. The van der Waals surface area contributed by atoms with Gasteiger partial charge in [0.25, 0.3) is 10.0 Å². The molecule has 0 bridgehead atoms. The molecule has 2 heterocycles. The van der Waals surface area contributed by atoms with Crippen LogP contribution in [0.2, 0.25) is 5.15 Å². The molecule has 0 spiro atoms. The maximum absolute atomic E-state index is 12.7. The van der Waals surface area contributed by atoms with Gasteiger partial charge in [0.05, 0.1) is 27.8 Å². The Morgan fingerprint density at radius 1 is 0.735 bits per heavy atom. The molecule has 0 aliphatic heterocycles. The molecule has 0 radical (unpaired) electrons. The lowest BCUT2D eigenvalue weighted by atomic mass is 10.1. The molecule has 2 aromatic heterocycles. The van der Waals surface area contributed by atoms with Gasteiger partial charge in [-0.05, 0) is 48.0 Å². The minimum atomic E-state index is -3.81. The Morgan fingerprint density at radius 3 is 2.24 bits per heavy atom. The number of nitrogens with one attached hydrogen (secondary N) is 2. The van der Waals surface area contributed by atoms with Gasteiger partial charge in [-0.1, -0.05) is 54.1 Å². The smallest absolute Gasteiger partial charge is 0.261 e. The molecule has 168 valence electrons. The predicted octanol–water partition coefficient (Wildman–Crippen LogP) is 5.89. The molecule has 0 unspecified atom stereocenters. The first-order valence-electron chi connectivity index (χ1n) is 10.3. The van der Waals surface area contributed by atoms with Crippen molar-refractivity contribution in [1.82, 2.24) is 15.0 Å². The number of hydrogen-bond acceptors (Lipinski definition) is 6. The number of nitrogens with zero attached hydrogens (tertiary/aromatic N) is 3. The minimum Gasteiger partial charge on any atom is -0.339 e. The van der Waals surface area contributed by atoms with E-state index in [1.54, 1.807) is 36.7 Å². The summed E-state index contributed by atoms with van der Waals surface area (Å²) in [5, 5.41) is 3.29. The molecule has 0 saturated heterocycles. The molecule has 2 N–H and O–H groups in total. The number of aromatic nitrogens is 3. The van der Waals surface area contributed by atoms with Crippen molar-refractivity contribution in [3.63, 3.8) is 0 Å². The third kappa shape index (κ3) is 4.68. The van der Waals surface area contributed by atoms with Crippen molar-refractivity contribution in [2.45, 2.75) is 4.90 Å². The van der Waals surface area contributed by atoms with Gasteiger partial charge in [0.15, 0.2) is 5.15 Å². The van der Waals surface area contributed by atoms with E-state index in [1.807, 2.05) is 48.5 Å². The second-order valence-corrected chi connectivity index (χ2v) is 9.47. The highest BCUT2D eigenvalue weighted by molar-refractivity contribution is 7.92. The fraction of sp³-hybridized carbons (Fsp3) is 0. The van der Waals surface area contributed by atoms with Gasteiger partial charge in [0.2, 0.25) is 0 Å². The van der Waals surface area contributed by atoms with Crippen molar-refractivity contribution in [2.75, 3.05) is 10.0 Å². The van der Waals surface area contributed by atoms with Crippen LogP contribution in [0.25, 0.3) is 22.2 Å². The van der Waals surface area contributed by atoms with Gasteiger partial charge >= 0.3 is 0 Å². The van der Waals surface area contributed by atoms with E-state index in [9.17, 15) is 8.42 Å². The first-order chi connectivity index (χ1) is 16.5. The van der Waals surface area contributed by atoms with Crippen LogP contribution in [0.15, 0.2) is 102 Å². The van der Waals surface area contributed by atoms with Crippen LogP contribution >= 0.6 is 11.6 Å². The Morgan fingerprint density at radius 2 is 1.47 bits per heavy atom. The maximum atomic E-state index is 12.7. The summed E-state index contributed by atoms with van der Waals surface area (Å²) >= 11 is 6.20. The van der Waals surface area contributed by atoms with Gasteiger partial charge in [0.1, 0.15) is 5.82 Å². The molecule has 0 aliphatic rings. The van der Waals surface area contributed by atoms with Crippen molar-refractivity contribution >= 4 is 49.9 Å². The van der Waals surface area contributed by atoms with Gasteiger partial charge in [-0.15, -0.1) is 0 Å². The molecular formula is C25H18ClN5O2S. The van der Waals surface area contributed by atoms with Crippen molar-refractivity contribution in [3.8, 4) is 11.1 Å². The summed E-state index contributed by atoms with van der Waals surface area (Å²) in [6.45, 7) is 0. The Hall–Kier alpha value is -4.01. The van der Waals surface area contributed by atoms with E-state index in [-0.39, 0.29) is 15.7 Å². The normalized spacial score (nSPS) is 11.3. The molecule has 0 aliphatic carbocycles. The van der Waals surface area contributed by atoms with E-state index >= 15 is 0 Å². The van der Waals surface area contributed by atoms with E-state index in [4.69, 9.17) is 11.6 Å². The molecule has 7 nitrogen and oxygen atoms in total. The number of anilines is 3. The SMILES string of the molecule is O=S(=O)(Nc1cc(-c2ccc3ncc(Nc4ccccc4)nc3c2)cnc1Cl)c1ccccc1. The summed E-state index contributed by atoms with van der Waals surface area (Å²) < 4.78 is 28.0. The lowest BCUT2D eigenvalue weighted by Crippen LogP contribution is -2.13. The molecule has 5 aromatic rings. The molecule has 9 heteroatoms. The number of rotatable bonds is 6. The molecular weight excluding hydrogens is 470 g/mol. The second-order valence-electron chi connectivity index (χ2n) is 7.43. The van der Waals surface area contributed by atoms with Crippen molar-refractivity contribution in [1.29, 1.82) is 0 Å². The quantitative estimate of drug-likeness (QED) is 0.290. The molecule has 0 amide bonds. The zero-order chi connectivity index (χ0) is 23.5. The van der Waals surface area contributed by atoms with Crippen LogP contribution < -0.4 is 10.0 Å². The molecule has 3 aromatic carbocycles. The Bertz CT molecular complexity index is 1580. The van der Waals surface area contributed by atoms with Gasteiger partial charge in [-0.3, -0.25) is 9.71 Å². The van der Waals surface area contributed by atoms with Gasteiger partial charge in [-0.25, -0.2) is 18.4 Å². The topological polar surface area (TPSA) is 96.9 Å². The number of pyridine rings is 1. The van der Waals surface area contributed by atoms with Crippen molar-refractivity contribution < 1.29 is 8.42 Å². The van der Waals surface area contributed by atoms with E-state index in [0.29, 0.717) is 16.9 Å². The molecule has 0 fully saturated rings. The van der Waals surface area contributed by atoms with Crippen LogP contribution in [-0.2, 0) is 10.0 Å². The zero-order valence-corrected chi connectivity index (χ0v) is 19.3. The number of benzene rings is 3. The molecule has 5 rings (SSSR count). The number of hydrogen-bond donors (Lipinski definition) is 2. The second kappa shape index (κ2) is 9.09. The van der Waals surface area contributed by atoms with Crippen molar-refractivity contribution in [3.05, 3.63) is 102 Å². The van der Waals surface area contributed by atoms with Crippen LogP contribution in [0.3, 0.4) is 0 Å².